The van der Waals surface area contributed by atoms with E-state index in [1.54, 1.807) is 0 Å². The number of unbranched alkanes of at least 4 members (excludes halogenated alkanes) is 3. The zero-order chi connectivity index (χ0) is 12.5. The number of hydrogen-bond donors (Lipinski definition) is 1. The van der Waals surface area contributed by atoms with Crippen LogP contribution in [0.3, 0.4) is 0 Å². The lowest BCUT2D eigenvalue weighted by Crippen LogP contribution is -2.16. The van der Waals surface area contributed by atoms with Gasteiger partial charge in [0.05, 0.1) is 0 Å². The van der Waals surface area contributed by atoms with Gasteiger partial charge in [-0.3, -0.25) is 0 Å². The molecule has 0 aliphatic rings. The molecule has 0 heterocycles. The molecule has 1 N–H and O–H groups in total. The number of benzene rings is 1. The molecular formula is C15H22ClN. The van der Waals surface area contributed by atoms with Crippen LogP contribution in [0.2, 0.25) is 5.02 Å². The molecule has 1 rings (SSSR count). The maximum Gasteiger partial charge on any atom is 0.0409 e. The van der Waals surface area contributed by atoms with E-state index < -0.39 is 0 Å². The molecular weight excluding hydrogens is 230 g/mol. The normalized spacial score (nSPS) is 12.4. The molecule has 0 aliphatic heterocycles. The summed E-state index contributed by atoms with van der Waals surface area (Å²) >= 11 is 6.01. The van der Waals surface area contributed by atoms with Crippen molar-refractivity contribution in [3.05, 3.63) is 47.5 Å². The van der Waals surface area contributed by atoms with E-state index in [4.69, 9.17) is 11.6 Å². The fourth-order valence-electron chi connectivity index (χ4n) is 2.01. The molecule has 1 aromatic rings. The molecule has 2 heteroatoms. The van der Waals surface area contributed by atoms with Crippen molar-refractivity contribution in [2.75, 3.05) is 7.05 Å². The fraction of sp³-hybridized carbons (Fsp3) is 0.467. The summed E-state index contributed by atoms with van der Waals surface area (Å²) < 4.78 is 0. The minimum absolute atomic E-state index is 0.414. The zero-order valence-electron chi connectivity index (χ0n) is 10.6. The minimum atomic E-state index is 0.414. The third kappa shape index (κ3) is 5.38. The van der Waals surface area contributed by atoms with E-state index in [2.05, 4.69) is 18.0 Å². The Morgan fingerprint density at radius 2 is 2.18 bits per heavy atom. The summed E-state index contributed by atoms with van der Waals surface area (Å²) in [4.78, 5) is 0. The lowest BCUT2D eigenvalue weighted by molar-refractivity contribution is 0.508. The van der Waals surface area contributed by atoms with Crippen molar-refractivity contribution < 1.29 is 0 Å². The van der Waals surface area contributed by atoms with Crippen molar-refractivity contribution in [3.8, 4) is 0 Å². The first kappa shape index (κ1) is 14.3. The molecule has 0 amide bonds. The van der Waals surface area contributed by atoms with Crippen molar-refractivity contribution in [1.82, 2.24) is 5.32 Å². The topological polar surface area (TPSA) is 12.0 Å². The largest absolute Gasteiger partial charge is 0.313 e. The summed E-state index contributed by atoms with van der Waals surface area (Å²) in [7, 11) is 2.01. The first-order chi connectivity index (χ1) is 8.27. The third-order valence-electron chi connectivity index (χ3n) is 3.00. The van der Waals surface area contributed by atoms with Crippen molar-refractivity contribution in [3.63, 3.8) is 0 Å². The number of nitrogens with one attached hydrogen (secondary N) is 1. The number of hydrogen-bond acceptors (Lipinski definition) is 1. The second kappa shape index (κ2) is 8.32. The highest BCUT2D eigenvalue weighted by atomic mass is 35.5. The molecule has 0 fully saturated rings. The number of rotatable bonds is 8. The van der Waals surface area contributed by atoms with Gasteiger partial charge in [-0.05, 0) is 44.0 Å². The van der Waals surface area contributed by atoms with Gasteiger partial charge < -0.3 is 5.32 Å². The van der Waals surface area contributed by atoms with Crippen molar-refractivity contribution in [1.29, 1.82) is 0 Å². The van der Waals surface area contributed by atoms with Gasteiger partial charge in [0.15, 0.2) is 0 Å². The van der Waals surface area contributed by atoms with E-state index in [9.17, 15) is 0 Å². The van der Waals surface area contributed by atoms with Gasteiger partial charge in [-0.15, -0.1) is 6.58 Å². The summed E-state index contributed by atoms with van der Waals surface area (Å²) in [6.07, 6.45) is 8.04. The van der Waals surface area contributed by atoms with Crippen LogP contribution in [0.5, 0.6) is 0 Å². The van der Waals surface area contributed by atoms with Crippen LogP contribution >= 0.6 is 11.6 Å². The molecule has 1 aromatic carbocycles. The predicted molar refractivity (Wildman–Crippen MR) is 76.5 cm³/mol. The molecule has 0 spiro atoms. The highest BCUT2D eigenvalue weighted by Crippen LogP contribution is 2.22. The standard InChI is InChI=1S/C15H22ClN/c1-3-4-5-6-7-11-15(17-2)13-9-8-10-14(16)12-13/h3,8-10,12,15,17H,1,4-7,11H2,2H3. The van der Waals surface area contributed by atoms with E-state index >= 15 is 0 Å². The first-order valence-corrected chi connectivity index (χ1v) is 6.69. The Labute approximate surface area is 110 Å². The molecule has 1 nitrogen and oxygen atoms in total. The molecule has 0 aliphatic carbocycles. The van der Waals surface area contributed by atoms with Crippen molar-refractivity contribution in [2.45, 2.75) is 38.1 Å². The van der Waals surface area contributed by atoms with Gasteiger partial charge in [-0.2, -0.15) is 0 Å². The second-order valence-corrected chi connectivity index (χ2v) is 4.76. The van der Waals surface area contributed by atoms with Gasteiger partial charge >= 0.3 is 0 Å². The summed E-state index contributed by atoms with van der Waals surface area (Å²) in [5.41, 5.74) is 1.28. The third-order valence-corrected chi connectivity index (χ3v) is 3.24. The summed E-state index contributed by atoms with van der Waals surface area (Å²) in [6, 6.07) is 8.53. The molecule has 0 saturated heterocycles. The maximum absolute atomic E-state index is 6.01. The Balaban J connectivity index is 2.40. The SMILES string of the molecule is C=CCCCCCC(NC)c1cccc(Cl)c1. The fourth-order valence-corrected chi connectivity index (χ4v) is 2.21. The molecule has 0 saturated carbocycles. The van der Waals surface area contributed by atoms with Crippen LogP contribution in [-0.4, -0.2) is 7.05 Å². The molecule has 1 atom stereocenters. The molecule has 0 aromatic heterocycles. The molecule has 0 radical (unpaired) electrons. The second-order valence-electron chi connectivity index (χ2n) is 4.32. The van der Waals surface area contributed by atoms with Gasteiger partial charge in [0.1, 0.15) is 0 Å². The summed E-state index contributed by atoms with van der Waals surface area (Å²) in [5.74, 6) is 0. The predicted octanol–water partition coefficient (Wildman–Crippen LogP) is 4.74. The number of halogens is 1. The Bertz CT molecular complexity index is 335. The Hall–Kier alpha value is -0.790. The molecule has 1 unspecified atom stereocenters. The van der Waals surface area contributed by atoms with Crippen LogP contribution in [0.4, 0.5) is 0 Å². The van der Waals surface area contributed by atoms with Gasteiger partial charge in [0.25, 0.3) is 0 Å². The average Bonchev–Trinajstić information content (AvgIpc) is 2.34. The lowest BCUT2D eigenvalue weighted by atomic mass is 10.0. The van der Waals surface area contributed by atoms with Crippen LogP contribution in [0.1, 0.15) is 43.7 Å². The Morgan fingerprint density at radius 1 is 1.35 bits per heavy atom. The minimum Gasteiger partial charge on any atom is -0.313 e. The smallest absolute Gasteiger partial charge is 0.0409 e. The van der Waals surface area contributed by atoms with Crippen LogP contribution in [0.15, 0.2) is 36.9 Å². The Morgan fingerprint density at radius 3 is 2.82 bits per heavy atom. The van der Waals surface area contributed by atoms with E-state index in [1.165, 1.54) is 24.8 Å². The zero-order valence-corrected chi connectivity index (χ0v) is 11.3. The highest BCUT2D eigenvalue weighted by molar-refractivity contribution is 6.30. The van der Waals surface area contributed by atoms with Crippen LogP contribution in [0, 0.1) is 0 Å². The van der Waals surface area contributed by atoms with Crippen molar-refractivity contribution in [2.24, 2.45) is 0 Å². The molecule has 17 heavy (non-hydrogen) atoms. The van der Waals surface area contributed by atoms with Gasteiger partial charge in [-0.25, -0.2) is 0 Å². The maximum atomic E-state index is 6.01. The van der Waals surface area contributed by atoms with Crippen LogP contribution < -0.4 is 5.32 Å². The van der Waals surface area contributed by atoms with Crippen molar-refractivity contribution >= 4 is 11.6 Å². The van der Waals surface area contributed by atoms with Gasteiger partial charge in [-0.1, -0.05) is 42.7 Å². The average molecular weight is 252 g/mol. The molecule has 94 valence electrons. The summed E-state index contributed by atoms with van der Waals surface area (Å²) in [5, 5.41) is 4.17. The van der Waals surface area contributed by atoms with E-state index in [1.807, 2.05) is 31.3 Å². The van der Waals surface area contributed by atoms with Crippen LogP contribution in [0.25, 0.3) is 0 Å². The lowest BCUT2D eigenvalue weighted by Gasteiger charge is -2.16. The van der Waals surface area contributed by atoms with E-state index in [0.717, 1.165) is 17.9 Å². The highest BCUT2D eigenvalue weighted by Gasteiger charge is 2.08. The first-order valence-electron chi connectivity index (χ1n) is 6.31. The Kier molecular flexibility index (Phi) is 6.99. The molecule has 0 bridgehead atoms. The monoisotopic (exact) mass is 251 g/mol. The van der Waals surface area contributed by atoms with Crippen LogP contribution in [-0.2, 0) is 0 Å². The van der Waals surface area contributed by atoms with Gasteiger partial charge in [0, 0.05) is 11.1 Å². The quantitative estimate of drug-likeness (QED) is 0.520. The van der Waals surface area contributed by atoms with E-state index in [-0.39, 0.29) is 0 Å². The van der Waals surface area contributed by atoms with Gasteiger partial charge in [0.2, 0.25) is 0 Å². The van der Waals surface area contributed by atoms with E-state index in [0.29, 0.717) is 6.04 Å². The summed E-state index contributed by atoms with van der Waals surface area (Å²) in [6.45, 7) is 3.74. The number of allylic oxidation sites excluding steroid dienone is 1.